The van der Waals surface area contributed by atoms with Gasteiger partial charge in [-0.15, -0.1) is 0 Å². The van der Waals surface area contributed by atoms with Crippen LogP contribution in [0.5, 0.6) is 0 Å². The van der Waals surface area contributed by atoms with Gasteiger partial charge in [0.1, 0.15) is 67.1 Å². The molecule has 546 valence electrons. The van der Waals surface area contributed by atoms with Gasteiger partial charge in [0, 0.05) is 19.8 Å². The van der Waals surface area contributed by atoms with E-state index in [1.807, 2.05) is 6.08 Å². The van der Waals surface area contributed by atoms with Crippen LogP contribution in [0.15, 0.2) is 12.2 Å². The summed E-state index contributed by atoms with van der Waals surface area (Å²) in [7, 11) is 0. The summed E-state index contributed by atoms with van der Waals surface area (Å²) in [5, 5.41) is 136. The van der Waals surface area contributed by atoms with Gasteiger partial charge in [0.25, 0.3) is 5.79 Å². The normalized spacial score (nSPS) is 28.1. The van der Waals surface area contributed by atoms with E-state index in [1.165, 1.54) is 186 Å². The number of unbranched alkanes of at least 4 members (excludes halogenated alkanes) is 36. The number of aliphatic carboxylic acids is 1. The number of carbonyl (C=O) groups excluding carboxylic acids is 2. The molecule has 3 rings (SSSR count). The quantitative estimate of drug-likeness (QED) is 0.0207. The van der Waals surface area contributed by atoms with Crippen molar-refractivity contribution in [2.24, 2.45) is 0 Å². The number of allylic oxidation sites excluding steroid dienone is 1. The molecule has 3 saturated heterocycles. The highest BCUT2D eigenvalue weighted by Crippen LogP contribution is 2.39. The van der Waals surface area contributed by atoms with E-state index in [9.17, 15) is 75.7 Å². The Balaban J connectivity index is 1.57. The first kappa shape index (κ1) is 84.7. The number of carboxylic acids is 1. The van der Waals surface area contributed by atoms with Crippen molar-refractivity contribution in [2.75, 3.05) is 26.4 Å². The van der Waals surface area contributed by atoms with Crippen molar-refractivity contribution in [2.45, 2.75) is 387 Å². The predicted molar refractivity (Wildman–Crippen MR) is 352 cm³/mol. The Labute approximate surface area is 556 Å². The average molecular weight is 1340 g/mol. The molecule has 18 atom stereocenters. The molecule has 3 heterocycles. The lowest BCUT2D eigenvalue weighted by molar-refractivity contribution is -0.386. The zero-order valence-corrected chi connectivity index (χ0v) is 57.1. The molecule has 0 spiro atoms. The molecule has 14 N–H and O–H groups in total. The molecule has 3 aliphatic rings. The number of hydrogen-bond donors (Lipinski definition) is 14. The van der Waals surface area contributed by atoms with Crippen LogP contribution in [0.4, 0.5) is 0 Å². The van der Waals surface area contributed by atoms with Crippen molar-refractivity contribution < 1.29 is 104 Å². The molecule has 93 heavy (non-hydrogen) atoms. The maximum absolute atomic E-state index is 13.5. The number of amides is 2. The van der Waals surface area contributed by atoms with Crippen LogP contribution >= 0.6 is 0 Å². The van der Waals surface area contributed by atoms with E-state index in [0.717, 1.165) is 51.9 Å². The second-order valence-electron chi connectivity index (χ2n) is 26.8. The van der Waals surface area contributed by atoms with E-state index in [-0.39, 0.29) is 12.3 Å². The molecule has 18 unspecified atom stereocenters. The van der Waals surface area contributed by atoms with Crippen LogP contribution in [0.25, 0.3) is 0 Å². The molecule has 0 aromatic heterocycles. The Kier molecular flexibility index (Phi) is 46.2. The van der Waals surface area contributed by atoms with Crippen molar-refractivity contribution in [1.29, 1.82) is 0 Å². The van der Waals surface area contributed by atoms with Crippen LogP contribution < -0.4 is 10.6 Å². The van der Waals surface area contributed by atoms with E-state index < -0.39 is 155 Å². The molecule has 0 saturated carbocycles. The van der Waals surface area contributed by atoms with E-state index >= 15 is 0 Å². The van der Waals surface area contributed by atoms with Crippen molar-refractivity contribution in [1.82, 2.24) is 10.6 Å². The summed E-state index contributed by atoms with van der Waals surface area (Å²) < 4.78 is 34.8. The average Bonchev–Trinajstić information content (AvgIpc) is 0.767. The lowest BCUT2D eigenvalue weighted by Gasteiger charge is -2.50. The molecule has 0 aliphatic carbocycles. The van der Waals surface area contributed by atoms with Gasteiger partial charge < -0.3 is 100 Å². The van der Waals surface area contributed by atoms with Gasteiger partial charge in [-0.25, -0.2) is 4.79 Å². The highest BCUT2D eigenvalue weighted by Gasteiger charge is 2.60. The van der Waals surface area contributed by atoms with Gasteiger partial charge in [-0.3, -0.25) is 9.59 Å². The van der Waals surface area contributed by atoms with Crippen LogP contribution in [-0.4, -0.2) is 215 Å². The Morgan fingerprint density at radius 3 is 1.43 bits per heavy atom. The minimum Gasteiger partial charge on any atom is -0.477 e. The SMILES string of the molecule is CCCCCCCCCCCCCCCCC/C=C/C(O)C(COC1OC(CO)C(OC2OC(CO)C(O)C(OC3(C(=O)O)CC(O)C(NC(C)=O)C(C(O)C(O)CO)O3)C2O)C(O)C1O)NC(=O)CCCCCCCCCCCCCCCCCCCCCCCC. The van der Waals surface area contributed by atoms with Gasteiger partial charge in [0.15, 0.2) is 12.6 Å². The van der Waals surface area contributed by atoms with E-state index in [2.05, 4.69) is 24.5 Å². The summed E-state index contributed by atoms with van der Waals surface area (Å²) in [5.41, 5.74) is 0. The van der Waals surface area contributed by atoms with E-state index in [1.54, 1.807) is 6.08 Å². The van der Waals surface area contributed by atoms with Crippen molar-refractivity contribution in [3.63, 3.8) is 0 Å². The first-order valence-corrected chi connectivity index (χ1v) is 36.6. The minimum absolute atomic E-state index is 0.205. The molecular weight excluding hydrogens is 1200 g/mol. The number of aliphatic hydroxyl groups excluding tert-OH is 11. The molecule has 23 nitrogen and oxygen atoms in total. The molecule has 3 aliphatic heterocycles. The van der Waals surface area contributed by atoms with Crippen LogP contribution in [0, 0.1) is 0 Å². The molecular formula is C70H130N2O21. The molecule has 0 bridgehead atoms. The standard InChI is InChI=1S/C70H130N2O21/c1-4-6-8-10-12-14-16-18-20-22-23-24-25-26-28-30-32-34-36-38-40-42-44-57(80)72-51(52(77)43-41-39-37-35-33-31-29-27-21-19-17-15-13-11-9-7-5-2)49-88-67-62(84)61(83)64(56(48-75)90-67)91-68-63(85)66(60(82)55(47-74)89-68)93-70(69(86)87)45-53(78)58(71-50(3)76)65(92-70)59(81)54(79)46-73/h41,43,51-56,58-68,73-75,77-79,81-85H,4-40,42,44-49H2,1-3H3,(H,71,76)(H,72,80)(H,86,87)/b43-41+. The topological polar surface area (TPSA) is 373 Å². The van der Waals surface area contributed by atoms with Crippen molar-refractivity contribution >= 4 is 17.8 Å². The maximum Gasteiger partial charge on any atom is 0.364 e. The summed E-state index contributed by atoms with van der Waals surface area (Å²) in [4.78, 5) is 38.6. The maximum atomic E-state index is 13.5. The second kappa shape index (κ2) is 50.7. The smallest absolute Gasteiger partial charge is 0.364 e. The van der Waals surface area contributed by atoms with E-state index in [0.29, 0.717) is 12.8 Å². The molecule has 23 heteroatoms. The highest BCUT2D eigenvalue weighted by atomic mass is 16.8. The molecule has 3 fully saturated rings. The van der Waals surface area contributed by atoms with Gasteiger partial charge >= 0.3 is 5.97 Å². The van der Waals surface area contributed by atoms with Crippen LogP contribution in [0.1, 0.15) is 278 Å². The zero-order valence-electron chi connectivity index (χ0n) is 57.1. The highest BCUT2D eigenvalue weighted by molar-refractivity contribution is 5.77. The van der Waals surface area contributed by atoms with Crippen LogP contribution in [-0.2, 0) is 42.8 Å². The van der Waals surface area contributed by atoms with Gasteiger partial charge in [0.05, 0.1) is 50.7 Å². The largest absolute Gasteiger partial charge is 0.477 e. The van der Waals surface area contributed by atoms with Crippen LogP contribution in [0.2, 0.25) is 0 Å². The number of hydrogen-bond acceptors (Lipinski definition) is 20. The third-order valence-electron chi connectivity index (χ3n) is 18.7. The van der Waals surface area contributed by atoms with E-state index in [4.69, 9.17) is 28.4 Å². The first-order valence-electron chi connectivity index (χ1n) is 36.6. The Morgan fingerprint density at radius 1 is 0.559 bits per heavy atom. The first-order chi connectivity index (χ1) is 44.9. The molecule has 2 amide bonds. The van der Waals surface area contributed by atoms with Gasteiger partial charge in [-0.1, -0.05) is 251 Å². The summed E-state index contributed by atoms with van der Waals surface area (Å²) in [6.45, 7) is 2.17. The lowest BCUT2D eigenvalue weighted by atomic mass is 9.88. The Morgan fingerprint density at radius 2 is 1.00 bits per heavy atom. The Bertz CT molecular complexity index is 1930. The van der Waals surface area contributed by atoms with Crippen molar-refractivity contribution in [3.05, 3.63) is 12.2 Å². The molecule has 0 aromatic carbocycles. The summed E-state index contributed by atoms with van der Waals surface area (Å²) in [6.07, 6.45) is 21.0. The molecule has 0 aromatic rings. The second-order valence-corrected chi connectivity index (χ2v) is 26.8. The number of rotatable bonds is 56. The number of carboxylic acid groups (broad SMARTS) is 1. The van der Waals surface area contributed by atoms with Crippen molar-refractivity contribution in [3.8, 4) is 0 Å². The summed E-state index contributed by atoms with van der Waals surface area (Å²) in [5.74, 6) is -6.13. The third kappa shape index (κ3) is 32.8. The Hall–Kier alpha value is -2.53. The number of ether oxygens (including phenoxy) is 6. The van der Waals surface area contributed by atoms with Crippen LogP contribution in [0.3, 0.4) is 0 Å². The predicted octanol–water partition coefficient (Wildman–Crippen LogP) is 7.46. The number of nitrogens with one attached hydrogen (secondary N) is 2. The third-order valence-corrected chi connectivity index (χ3v) is 18.7. The van der Waals surface area contributed by atoms with Gasteiger partial charge in [-0.05, 0) is 19.3 Å². The summed E-state index contributed by atoms with van der Waals surface area (Å²) >= 11 is 0. The zero-order chi connectivity index (χ0) is 68.2. The lowest BCUT2D eigenvalue weighted by Crippen LogP contribution is -2.70. The minimum atomic E-state index is -3.08. The summed E-state index contributed by atoms with van der Waals surface area (Å²) in [6, 6.07) is -2.61. The fourth-order valence-corrected chi connectivity index (χ4v) is 12.9. The van der Waals surface area contributed by atoms with Gasteiger partial charge in [-0.2, -0.15) is 0 Å². The fourth-order valence-electron chi connectivity index (χ4n) is 12.9. The fraction of sp³-hybridized carbons (Fsp3) is 0.929. The number of aliphatic hydroxyl groups is 11. The monoisotopic (exact) mass is 1330 g/mol. The van der Waals surface area contributed by atoms with Gasteiger partial charge in [0.2, 0.25) is 11.8 Å². The molecule has 0 radical (unpaired) electrons. The number of carbonyl (C=O) groups is 3.